The molecule has 0 fully saturated rings. The summed E-state index contributed by atoms with van der Waals surface area (Å²) in [6.07, 6.45) is -2.10. The zero-order valence-electron chi connectivity index (χ0n) is 11.7. The summed E-state index contributed by atoms with van der Waals surface area (Å²) in [6, 6.07) is 8.91. The van der Waals surface area contributed by atoms with Crippen LogP contribution in [0, 0.1) is 0 Å². The Morgan fingerprint density at radius 1 is 1.29 bits per heavy atom. The Morgan fingerprint density at radius 3 is 2.57 bits per heavy atom. The zero-order chi connectivity index (χ0) is 13.8. The van der Waals surface area contributed by atoms with Crippen molar-refractivity contribution in [3.8, 4) is 0 Å². The maximum atomic E-state index is 9.25. The highest BCUT2D eigenvalue weighted by atomic mass is 16.5. The third-order valence-corrected chi connectivity index (χ3v) is 1.71. The van der Waals surface area contributed by atoms with Crippen LogP contribution in [0.1, 0.15) is 17.5 Å². The van der Waals surface area contributed by atoms with E-state index in [2.05, 4.69) is 0 Å². The Hall–Kier alpha value is -0.900. The minimum Gasteiger partial charge on any atom is -0.396 e. The van der Waals surface area contributed by atoms with E-state index in [4.69, 9.17) is 15.3 Å². The lowest BCUT2D eigenvalue weighted by Gasteiger charge is -2.13. The first kappa shape index (κ1) is 6.56. The van der Waals surface area contributed by atoms with Crippen LogP contribution in [-0.2, 0) is 11.3 Å². The second kappa shape index (κ2) is 6.54. The van der Waals surface area contributed by atoms with Crippen molar-refractivity contribution in [1.29, 1.82) is 0 Å². The fraction of sp³-hybridized carbons (Fsp3) is 0.455. The van der Waals surface area contributed by atoms with Crippen LogP contribution in [0.2, 0.25) is 0 Å². The Morgan fingerprint density at radius 2 is 2.00 bits per heavy atom. The van der Waals surface area contributed by atoms with Crippen LogP contribution in [0.5, 0.6) is 0 Å². The second-order valence-corrected chi connectivity index (χ2v) is 2.78. The first-order chi connectivity index (χ1) is 8.18. The molecule has 3 nitrogen and oxygen atoms in total. The molecule has 14 heavy (non-hydrogen) atoms. The van der Waals surface area contributed by atoms with Gasteiger partial charge in [-0.25, -0.2) is 0 Å². The summed E-state index contributed by atoms with van der Waals surface area (Å²) in [7, 11) is 0. The first-order valence-corrected chi connectivity index (χ1v) is 4.29. The molecule has 3 heteroatoms. The van der Waals surface area contributed by atoms with Crippen LogP contribution in [0.4, 0.5) is 0 Å². The van der Waals surface area contributed by atoms with Crippen molar-refractivity contribution < 1.29 is 20.4 Å². The van der Waals surface area contributed by atoms with Crippen molar-refractivity contribution in [1.82, 2.24) is 0 Å². The molecule has 0 aliphatic rings. The number of hydrogen-bond acceptors (Lipinski definition) is 3. The van der Waals surface area contributed by atoms with Gasteiger partial charge in [-0.3, -0.25) is 0 Å². The Labute approximate surface area is 89.6 Å². The summed E-state index contributed by atoms with van der Waals surface area (Å²) in [5.74, 6) is 0. The molecule has 0 bridgehead atoms. The van der Waals surface area contributed by atoms with Gasteiger partial charge in [-0.2, -0.15) is 0 Å². The molecule has 1 aromatic carbocycles. The molecule has 0 spiro atoms. The molecule has 0 unspecified atom stereocenters. The van der Waals surface area contributed by atoms with Gasteiger partial charge < -0.3 is 14.9 Å². The summed E-state index contributed by atoms with van der Waals surface area (Å²) in [5.41, 5.74) is 0.769. The Kier molecular flexibility index (Phi) is 3.06. The number of rotatable bonds is 6. The zero-order valence-corrected chi connectivity index (χ0v) is 7.68. The van der Waals surface area contributed by atoms with E-state index in [0.717, 1.165) is 5.56 Å². The predicted octanol–water partition coefficient (Wildman–Crippen LogP) is 0.946. The first-order valence-electron chi connectivity index (χ1n) is 6.29. The quantitative estimate of drug-likeness (QED) is 0.718. The average molecular weight is 200 g/mol. The van der Waals surface area contributed by atoms with E-state index in [-0.39, 0.29) is 6.61 Å². The summed E-state index contributed by atoms with van der Waals surface area (Å²) >= 11 is 0. The second-order valence-electron chi connectivity index (χ2n) is 2.78. The number of benzene rings is 1. The van der Waals surface area contributed by atoms with Crippen LogP contribution in [-0.4, -0.2) is 29.4 Å². The lowest BCUT2D eigenvalue weighted by molar-refractivity contribution is -0.0104. The minimum absolute atomic E-state index is 0.0294. The summed E-state index contributed by atoms with van der Waals surface area (Å²) < 4.78 is 33.4. The molecular formula is C11H16O3. The lowest BCUT2D eigenvalue weighted by atomic mass is 10.2. The highest BCUT2D eigenvalue weighted by molar-refractivity contribution is 5.13. The molecule has 2 N–H and O–H groups in total. The van der Waals surface area contributed by atoms with Gasteiger partial charge in [-0.15, -0.1) is 0 Å². The van der Waals surface area contributed by atoms with Gasteiger partial charge >= 0.3 is 0 Å². The van der Waals surface area contributed by atoms with Crippen molar-refractivity contribution in [3.05, 3.63) is 35.9 Å². The van der Waals surface area contributed by atoms with Crippen molar-refractivity contribution in [3.63, 3.8) is 0 Å². The van der Waals surface area contributed by atoms with Crippen LogP contribution in [0.3, 0.4) is 0 Å². The molecule has 0 aliphatic carbocycles. The third kappa shape index (κ3) is 3.87. The molecular weight excluding hydrogens is 180 g/mol. The van der Waals surface area contributed by atoms with Crippen molar-refractivity contribution in [2.45, 2.75) is 19.1 Å². The van der Waals surface area contributed by atoms with Gasteiger partial charge in [0, 0.05) is 6.56 Å². The molecule has 0 saturated heterocycles. The van der Waals surface area contributed by atoms with Crippen molar-refractivity contribution in [2.75, 3.05) is 13.1 Å². The lowest BCUT2D eigenvalue weighted by Crippen LogP contribution is -2.18. The van der Waals surface area contributed by atoms with Crippen LogP contribution >= 0.6 is 0 Å². The van der Waals surface area contributed by atoms with Crippen LogP contribution in [0.15, 0.2) is 30.3 Å². The van der Waals surface area contributed by atoms with Gasteiger partial charge in [0.25, 0.3) is 0 Å². The van der Waals surface area contributed by atoms with Gasteiger partial charge in [0.15, 0.2) is 0 Å². The van der Waals surface area contributed by atoms with Crippen molar-refractivity contribution in [2.24, 2.45) is 0 Å². The molecule has 1 atom stereocenters. The third-order valence-electron chi connectivity index (χ3n) is 1.71. The molecule has 0 saturated carbocycles. The van der Waals surface area contributed by atoms with Gasteiger partial charge in [0.2, 0.25) is 0 Å². The SMILES string of the molecule is [2H]C([2H])(O)C[C@H](OCc1ccccc1)C([2H])([2H])O. The smallest absolute Gasteiger partial charge is 0.0832 e. The summed E-state index contributed by atoms with van der Waals surface area (Å²) in [6.45, 7) is -5.29. The fourth-order valence-electron chi connectivity index (χ4n) is 0.996. The van der Waals surface area contributed by atoms with E-state index in [1.807, 2.05) is 6.07 Å². The molecule has 0 heterocycles. The van der Waals surface area contributed by atoms with E-state index in [0.29, 0.717) is 0 Å². The molecule has 1 rings (SSSR count). The van der Waals surface area contributed by atoms with Gasteiger partial charge in [-0.05, 0) is 12.0 Å². The molecule has 0 aromatic heterocycles. The summed E-state index contributed by atoms with van der Waals surface area (Å²) in [5, 5.41) is 18.3. The summed E-state index contributed by atoms with van der Waals surface area (Å²) in [4.78, 5) is 0. The largest absolute Gasteiger partial charge is 0.396 e. The highest BCUT2D eigenvalue weighted by Crippen LogP contribution is 2.05. The molecule has 78 valence electrons. The number of aliphatic hydroxyl groups is 2. The monoisotopic (exact) mass is 200 g/mol. The topological polar surface area (TPSA) is 49.7 Å². The van der Waals surface area contributed by atoms with E-state index in [1.165, 1.54) is 0 Å². The molecule has 0 radical (unpaired) electrons. The van der Waals surface area contributed by atoms with Gasteiger partial charge in [0.05, 0.1) is 24.8 Å². The van der Waals surface area contributed by atoms with E-state index >= 15 is 0 Å². The normalized spacial score (nSPS) is 19.0. The van der Waals surface area contributed by atoms with Crippen molar-refractivity contribution >= 4 is 0 Å². The average Bonchev–Trinajstić information content (AvgIpc) is 2.22. The predicted molar refractivity (Wildman–Crippen MR) is 53.8 cm³/mol. The minimum atomic E-state index is -2.72. The maximum Gasteiger partial charge on any atom is 0.0832 e. The van der Waals surface area contributed by atoms with E-state index in [1.54, 1.807) is 24.3 Å². The highest BCUT2D eigenvalue weighted by Gasteiger charge is 2.06. The van der Waals surface area contributed by atoms with Gasteiger partial charge in [-0.1, -0.05) is 30.3 Å². The number of hydrogen-bond donors (Lipinski definition) is 2. The maximum absolute atomic E-state index is 9.25. The van der Waals surface area contributed by atoms with Gasteiger partial charge in [0.1, 0.15) is 0 Å². The fourth-order valence-corrected chi connectivity index (χ4v) is 0.996. The Bertz CT molecular complexity index is 359. The Balaban J connectivity index is 2.63. The molecule has 0 aliphatic heterocycles. The van der Waals surface area contributed by atoms with Crippen LogP contribution in [0.25, 0.3) is 0 Å². The molecule has 1 aromatic rings. The number of ether oxygens (including phenoxy) is 1. The van der Waals surface area contributed by atoms with E-state index in [9.17, 15) is 5.11 Å². The standard InChI is InChI=1S/C11H16O3/c12-7-6-11(8-13)14-9-10-4-2-1-3-5-10/h1-5,11-13H,6-9H2/t11-/m0/s1/i7D2,8D2. The molecule has 0 amide bonds. The van der Waals surface area contributed by atoms with Crippen LogP contribution < -0.4 is 0 Å². The van der Waals surface area contributed by atoms with E-state index < -0.39 is 25.6 Å².